The van der Waals surface area contributed by atoms with Crippen LogP contribution in [-0.2, 0) is 15.7 Å². The quantitative estimate of drug-likeness (QED) is 0.586. The summed E-state index contributed by atoms with van der Waals surface area (Å²) in [4.78, 5) is 42.4. The van der Waals surface area contributed by atoms with Crippen molar-refractivity contribution in [2.24, 2.45) is 0 Å². The van der Waals surface area contributed by atoms with Crippen molar-refractivity contribution < 1.29 is 27.5 Å². The monoisotopic (exact) mass is 453 g/mol. The molecule has 0 saturated carbocycles. The van der Waals surface area contributed by atoms with Crippen LogP contribution in [-0.4, -0.2) is 28.0 Å². The number of nitrogens with zero attached hydrogens (tertiary/aromatic N) is 2. The van der Waals surface area contributed by atoms with E-state index in [0.717, 1.165) is 34.4 Å². The molecule has 0 fully saturated rings. The van der Waals surface area contributed by atoms with E-state index in [-0.39, 0.29) is 16.9 Å². The van der Waals surface area contributed by atoms with E-state index in [1.54, 1.807) is 13.8 Å². The molecule has 3 rings (SSSR count). The summed E-state index contributed by atoms with van der Waals surface area (Å²) in [6.07, 6.45) is -3.52. The van der Waals surface area contributed by atoms with Crippen LogP contribution < -0.4 is 10.9 Å². The van der Waals surface area contributed by atoms with Gasteiger partial charge in [-0.25, -0.2) is 9.78 Å². The molecule has 0 aliphatic rings. The van der Waals surface area contributed by atoms with E-state index >= 15 is 0 Å². The second-order valence-corrected chi connectivity index (χ2v) is 7.62. The van der Waals surface area contributed by atoms with E-state index in [0.29, 0.717) is 10.4 Å². The van der Waals surface area contributed by atoms with E-state index < -0.39 is 40.9 Å². The van der Waals surface area contributed by atoms with Gasteiger partial charge in [0, 0.05) is 0 Å². The fourth-order valence-corrected chi connectivity index (χ4v) is 4.04. The van der Waals surface area contributed by atoms with Gasteiger partial charge in [0.2, 0.25) is 5.91 Å². The number of aromatic nitrogens is 2. The zero-order valence-corrected chi connectivity index (χ0v) is 17.6. The van der Waals surface area contributed by atoms with E-state index in [1.165, 1.54) is 19.1 Å². The smallest absolute Gasteiger partial charge is 0.418 e. The van der Waals surface area contributed by atoms with Gasteiger partial charge in [-0.15, -0.1) is 11.3 Å². The average Bonchev–Trinajstić information content (AvgIpc) is 3.05. The van der Waals surface area contributed by atoms with Crippen molar-refractivity contribution >= 4 is 39.1 Å². The second kappa shape index (κ2) is 8.50. The molecule has 0 saturated heterocycles. The van der Waals surface area contributed by atoms with Gasteiger partial charge in [0.25, 0.3) is 5.56 Å². The van der Waals surface area contributed by atoms with E-state index in [4.69, 9.17) is 4.74 Å². The largest absolute Gasteiger partial charge is 0.462 e. The minimum atomic E-state index is -4.65. The van der Waals surface area contributed by atoms with Gasteiger partial charge in [0.1, 0.15) is 15.7 Å². The normalized spacial score (nSPS) is 12.6. The molecule has 7 nitrogen and oxygen atoms in total. The van der Waals surface area contributed by atoms with Crippen LogP contribution in [0.5, 0.6) is 0 Å². The Bertz CT molecular complexity index is 1220. The highest BCUT2D eigenvalue weighted by atomic mass is 32.1. The van der Waals surface area contributed by atoms with Crippen molar-refractivity contribution in [2.45, 2.75) is 33.0 Å². The van der Waals surface area contributed by atoms with Gasteiger partial charge < -0.3 is 10.1 Å². The Labute approximate surface area is 178 Å². The molecule has 0 bridgehead atoms. The summed E-state index contributed by atoms with van der Waals surface area (Å²) < 4.78 is 45.5. The van der Waals surface area contributed by atoms with Crippen molar-refractivity contribution in [2.75, 3.05) is 11.9 Å². The van der Waals surface area contributed by atoms with Crippen LogP contribution in [0.1, 0.15) is 40.7 Å². The number of fused-ring (bicyclic) bond motifs is 1. The molecule has 2 heterocycles. The minimum absolute atomic E-state index is 0.158. The predicted octanol–water partition coefficient (Wildman–Crippen LogP) is 4.16. The number of halogens is 3. The van der Waals surface area contributed by atoms with Gasteiger partial charge in [-0.3, -0.25) is 14.2 Å². The maximum absolute atomic E-state index is 13.2. The summed E-state index contributed by atoms with van der Waals surface area (Å²) in [5.41, 5.74) is -1.61. The van der Waals surface area contributed by atoms with Crippen molar-refractivity contribution in [1.29, 1.82) is 0 Å². The molecule has 0 aliphatic carbocycles. The van der Waals surface area contributed by atoms with Gasteiger partial charge in [0.15, 0.2) is 0 Å². The number of nitrogens with one attached hydrogen (secondary N) is 1. The van der Waals surface area contributed by atoms with Gasteiger partial charge in [0.05, 0.1) is 29.6 Å². The standard InChI is InChI=1S/C20H18F3N3O4S/c1-4-30-19(29)15-10(2)14-17(31-15)24-9-26(18(14)28)11(3)16(27)25-13-8-6-5-7-12(13)20(21,22)23/h5-9,11H,4H2,1-3H3,(H,25,27). The lowest BCUT2D eigenvalue weighted by Crippen LogP contribution is -2.32. The topological polar surface area (TPSA) is 90.3 Å². The number of rotatable bonds is 5. The number of ether oxygens (including phenoxy) is 1. The maximum atomic E-state index is 13.2. The number of aryl methyl sites for hydroxylation is 1. The lowest BCUT2D eigenvalue weighted by atomic mass is 10.1. The molecule has 11 heteroatoms. The van der Waals surface area contributed by atoms with Crippen LogP contribution >= 0.6 is 11.3 Å². The molecule has 164 valence electrons. The van der Waals surface area contributed by atoms with Crippen LogP contribution in [0.2, 0.25) is 0 Å². The third-order valence-corrected chi connectivity index (χ3v) is 5.80. The number of benzene rings is 1. The Kier molecular flexibility index (Phi) is 6.16. The first-order valence-electron chi connectivity index (χ1n) is 9.20. The SMILES string of the molecule is CCOC(=O)c1sc2ncn(C(C)C(=O)Nc3ccccc3C(F)(F)F)c(=O)c2c1C. The van der Waals surface area contributed by atoms with E-state index in [2.05, 4.69) is 10.3 Å². The highest BCUT2D eigenvalue weighted by Gasteiger charge is 2.34. The first-order valence-corrected chi connectivity index (χ1v) is 10.0. The maximum Gasteiger partial charge on any atom is 0.418 e. The van der Waals surface area contributed by atoms with Crippen LogP contribution in [0.15, 0.2) is 35.4 Å². The Hall–Kier alpha value is -3.21. The number of hydrogen-bond acceptors (Lipinski definition) is 6. The van der Waals surface area contributed by atoms with E-state index in [1.807, 2.05) is 0 Å². The van der Waals surface area contributed by atoms with Crippen LogP contribution in [0, 0.1) is 6.92 Å². The lowest BCUT2D eigenvalue weighted by molar-refractivity contribution is -0.137. The highest BCUT2D eigenvalue weighted by molar-refractivity contribution is 7.20. The molecule has 1 atom stereocenters. The van der Waals surface area contributed by atoms with Crippen LogP contribution in [0.25, 0.3) is 10.2 Å². The Morgan fingerprint density at radius 3 is 2.61 bits per heavy atom. The Balaban J connectivity index is 1.96. The fourth-order valence-electron chi connectivity index (χ4n) is 3.01. The molecule has 0 radical (unpaired) electrons. The fraction of sp³-hybridized carbons (Fsp3) is 0.300. The summed E-state index contributed by atoms with van der Waals surface area (Å²) in [5.74, 6) is -1.40. The number of para-hydroxylation sites is 1. The zero-order valence-electron chi connectivity index (χ0n) is 16.7. The predicted molar refractivity (Wildman–Crippen MR) is 109 cm³/mol. The van der Waals surface area contributed by atoms with Crippen molar-refractivity contribution in [3.63, 3.8) is 0 Å². The lowest BCUT2D eigenvalue weighted by Gasteiger charge is -2.17. The average molecular weight is 453 g/mol. The summed E-state index contributed by atoms with van der Waals surface area (Å²) in [6, 6.07) is 3.40. The molecule has 31 heavy (non-hydrogen) atoms. The molecule has 0 spiro atoms. The molecule has 0 aliphatic heterocycles. The first-order chi connectivity index (χ1) is 14.6. The second-order valence-electron chi connectivity index (χ2n) is 6.62. The van der Waals surface area contributed by atoms with Crippen LogP contribution in [0.4, 0.5) is 18.9 Å². The number of hydrogen-bond donors (Lipinski definition) is 1. The number of esters is 1. The molecular weight excluding hydrogens is 435 g/mol. The molecule has 1 amide bonds. The number of amides is 1. The number of anilines is 1. The van der Waals surface area contributed by atoms with Gasteiger partial charge >= 0.3 is 12.1 Å². The van der Waals surface area contributed by atoms with Gasteiger partial charge in [-0.05, 0) is 38.5 Å². The molecule has 1 N–H and O–H groups in total. The van der Waals surface area contributed by atoms with Crippen LogP contribution in [0.3, 0.4) is 0 Å². The zero-order chi connectivity index (χ0) is 22.9. The molecular formula is C20H18F3N3O4S. The minimum Gasteiger partial charge on any atom is -0.462 e. The Morgan fingerprint density at radius 2 is 1.97 bits per heavy atom. The summed E-state index contributed by atoms with van der Waals surface area (Å²) in [7, 11) is 0. The van der Waals surface area contributed by atoms with Crippen molar-refractivity contribution in [1.82, 2.24) is 9.55 Å². The Morgan fingerprint density at radius 1 is 1.29 bits per heavy atom. The van der Waals surface area contributed by atoms with Gasteiger partial charge in [-0.1, -0.05) is 12.1 Å². The third-order valence-electron chi connectivity index (χ3n) is 4.62. The first kappa shape index (κ1) is 22.5. The van der Waals surface area contributed by atoms with Gasteiger partial charge in [-0.2, -0.15) is 13.2 Å². The summed E-state index contributed by atoms with van der Waals surface area (Å²) in [6.45, 7) is 4.76. The number of thiophene rings is 1. The molecule has 2 aromatic heterocycles. The van der Waals surface area contributed by atoms with E-state index in [9.17, 15) is 27.6 Å². The summed E-state index contributed by atoms with van der Waals surface area (Å²) in [5, 5.41) is 2.39. The summed E-state index contributed by atoms with van der Waals surface area (Å²) >= 11 is 0.998. The number of carbonyl (C=O) groups is 2. The highest BCUT2D eigenvalue weighted by Crippen LogP contribution is 2.35. The number of carbonyl (C=O) groups excluding carboxylic acids is 2. The number of alkyl halides is 3. The molecule has 1 aromatic carbocycles. The van der Waals surface area contributed by atoms with Crippen molar-refractivity contribution in [3.05, 3.63) is 57.0 Å². The van der Waals surface area contributed by atoms with Crippen molar-refractivity contribution in [3.8, 4) is 0 Å². The third kappa shape index (κ3) is 4.31. The molecule has 1 unspecified atom stereocenters. The molecule has 3 aromatic rings.